The van der Waals surface area contributed by atoms with E-state index in [0.717, 1.165) is 24.2 Å². The lowest BCUT2D eigenvalue weighted by Crippen LogP contribution is -2.23. The van der Waals surface area contributed by atoms with E-state index in [1.807, 2.05) is 29.2 Å². The third kappa shape index (κ3) is 3.71. The van der Waals surface area contributed by atoms with E-state index in [9.17, 15) is 9.18 Å². The minimum atomic E-state index is -0.298. The Morgan fingerprint density at radius 2 is 1.91 bits per heavy atom. The summed E-state index contributed by atoms with van der Waals surface area (Å²) in [6, 6.07) is 12.6. The summed E-state index contributed by atoms with van der Waals surface area (Å²) in [7, 11) is 0. The van der Waals surface area contributed by atoms with Crippen LogP contribution in [0.25, 0.3) is 0 Å². The standard InChI is InChI=1S/C18H18ClFN2O/c19-16-3-1-4-17(20)15(16)12-21-11-13-6-8-14(9-7-13)22-10-2-5-18(22)23/h1,3-4,6-9,21H,2,5,10-12H2. The fourth-order valence-corrected chi connectivity index (χ4v) is 2.98. The SMILES string of the molecule is O=C1CCCN1c1ccc(CNCc2c(F)cccc2Cl)cc1. The molecule has 2 aromatic carbocycles. The van der Waals surface area contributed by atoms with Crippen molar-refractivity contribution in [2.24, 2.45) is 0 Å². The number of carbonyl (C=O) groups excluding carboxylic acids is 1. The molecule has 1 aliphatic rings. The van der Waals surface area contributed by atoms with E-state index in [4.69, 9.17) is 11.6 Å². The van der Waals surface area contributed by atoms with Gasteiger partial charge in [0, 0.05) is 42.3 Å². The smallest absolute Gasteiger partial charge is 0.227 e. The number of nitrogens with zero attached hydrogens (tertiary/aromatic N) is 1. The molecule has 0 aromatic heterocycles. The molecular formula is C18H18ClFN2O. The second kappa shape index (κ2) is 7.11. The number of amides is 1. The van der Waals surface area contributed by atoms with Crippen molar-refractivity contribution in [2.45, 2.75) is 25.9 Å². The lowest BCUT2D eigenvalue weighted by Gasteiger charge is -2.16. The van der Waals surface area contributed by atoms with Crippen LogP contribution < -0.4 is 10.2 Å². The quantitative estimate of drug-likeness (QED) is 0.900. The monoisotopic (exact) mass is 332 g/mol. The van der Waals surface area contributed by atoms with Crippen LogP contribution in [-0.2, 0) is 17.9 Å². The van der Waals surface area contributed by atoms with Crippen molar-refractivity contribution in [2.75, 3.05) is 11.4 Å². The Bertz CT molecular complexity index is 682. The van der Waals surface area contributed by atoms with Crippen LogP contribution in [0.1, 0.15) is 24.0 Å². The van der Waals surface area contributed by atoms with Gasteiger partial charge in [-0.3, -0.25) is 4.79 Å². The zero-order valence-electron chi connectivity index (χ0n) is 12.7. The molecule has 1 fully saturated rings. The summed E-state index contributed by atoms with van der Waals surface area (Å²) in [5, 5.41) is 3.62. The van der Waals surface area contributed by atoms with Gasteiger partial charge in [-0.25, -0.2) is 4.39 Å². The summed E-state index contributed by atoms with van der Waals surface area (Å²) < 4.78 is 13.7. The van der Waals surface area contributed by atoms with Gasteiger partial charge in [0.1, 0.15) is 5.82 Å². The molecule has 1 amide bonds. The van der Waals surface area contributed by atoms with Crippen molar-refractivity contribution < 1.29 is 9.18 Å². The van der Waals surface area contributed by atoms with Gasteiger partial charge in [0.15, 0.2) is 0 Å². The van der Waals surface area contributed by atoms with Crippen LogP contribution in [0, 0.1) is 5.82 Å². The molecule has 0 atom stereocenters. The van der Waals surface area contributed by atoms with E-state index in [-0.39, 0.29) is 11.7 Å². The number of hydrogen-bond donors (Lipinski definition) is 1. The molecule has 5 heteroatoms. The van der Waals surface area contributed by atoms with E-state index in [0.29, 0.717) is 30.1 Å². The summed E-state index contributed by atoms with van der Waals surface area (Å²) in [4.78, 5) is 13.5. The second-order valence-corrected chi connectivity index (χ2v) is 6.03. The van der Waals surface area contributed by atoms with Gasteiger partial charge in [0.2, 0.25) is 5.91 Å². The zero-order valence-corrected chi connectivity index (χ0v) is 13.4. The van der Waals surface area contributed by atoms with Crippen molar-refractivity contribution in [3.8, 4) is 0 Å². The molecular weight excluding hydrogens is 315 g/mol. The molecule has 1 N–H and O–H groups in total. The number of benzene rings is 2. The third-order valence-electron chi connectivity index (χ3n) is 4.01. The Morgan fingerprint density at radius 3 is 2.57 bits per heavy atom. The molecule has 3 nitrogen and oxygen atoms in total. The highest BCUT2D eigenvalue weighted by atomic mass is 35.5. The van der Waals surface area contributed by atoms with E-state index < -0.39 is 0 Å². The van der Waals surface area contributed by atoms with Gasteiger partial charge in [-0.1, -0.05) is 29.8 Å². The second-order valence-electron chi connectivity index (χ2n) is 5.62. The van der Waals surface area contributed by atoms with Gasteiger partial charge in [0.05, 0.1) is 0 Å². The van der Waals surface area contributed by atoms with Gasteiger partial charge in [0.25, 0.3) is 0 Å². The van der Waals surface area contributed by atoms with E-state index >= 15 is 0 Å². The molecule has 0 aliphatic carbocycles. The molecule has 1 saturated heterocycles. The maximum absolute atomic E-state index is 13.7. The Hall–Kier alpha value is -1.91. The minimum Gasteiger partial charge on any atom is -0.312 e. The number of hydrogen-bond acceptors (Lipinski definition) is 2. The number of nitrogens with one attached hydrogen (secondary N) is 1. The van der Waals surface area contributed by atoms with Gasteiger partial charge in [-0.15, -0.1) is 0 Å². The summed E-state index contributed by atoms with van der Waals surface area (Å²) in [5.41, 5.74) is 2.50. The van der Waals surface area contributed by atoms with Crippen molar-refractivity contribution >= 4 is 23.2 Å². The van der Waals surface area contributed by atoms with E-state index in [1.165, 1.54) is 6.07 Å². The molecule has 1 aliphatic heterocycles. The first kappa shape index (κ1) is 16.0. The van der Waals surface area contributed by atoms with Gasteiger partial charge < -0.3 is 10.2 Å². The van der Waals surface area contributed by atoms with Crippen LogP contribution in [0.4, 0.5) is 10.1 Å². The summed E-state index contributed by atoms with van der Waals surface area (Å²) in [6.07, 6.45) is 1.55. The predicted molar refractivity (Wildman–Crippen MR) is 90.0 cm³/mol. The highest BCUT2D eigenvalue weighted by Crippen LogP contribution is 2.22. The molecule has 2 aromatic rings. The van der Waals surface area contributed by atoms with Crippen LogP contribution in [0.3, 0.4) is 0 Å². The number of rotatable bonds is 5. The fraction of sp³-hybridized carbons (Fsp3) is 0.278. The van der Waals surface area contributed by atoms with Gasteiger partial charge in [-0.05, 0) is 36.2 Å². The third-order valence-corrected chi connectivity index (χ3v) is 4.37. The van der Waals surface area contributed by atoms with Crippen molar-refractivity contribution in [3.63, 3.8) is 0 Å². The molecule has 23 heavy (non-hydrogen) atoms. The average Bonchev–Trinajstić information content (AvgIpc) is 2.97. The normalized spacial score (nSPS) is 14.5. The first-order valence-corrected chi connectivity index (χ1v) is 8.06. The Morgan fingerprint density at radius 1 is 1.13 bits per heavy atom. The molecule has 0 unspecified atom stereocenters. The first-order chi connectivity index (χ1) is 11.1. The number of halogens is 2. The Balaban J connectivity index is 1.58. The summed E-state index contributed by atoms with van der Waals surface area (Å²) in [5.74, 6) is -0.113. The molecule has 0 spiro atoms. The number of anilines is 1. The van der Waals surface area contributed by atoms with Crippen LogP contribution in [0.2, 0.25) is 5.02 Å². The molecule has 120 valence electrons. The number of carbonyl (C=O) groups is 1. The Labute approximate surface area is 140 Å². The van der Waals surface area contributed by atoms with Crippen LogP contribution in [0.5, 0.6) is 0 Å². The van der Waals surface area contributed by atoms with Gasteiger partial charge in [-0.2, -0.15) is 0 Å². The predicted octanol–water partition coefficient (Wildman–Crippen LogP) is 3.90. The van der Waals surface area contributed by atoms with E-state index in [1.54, 1.807) is 12.1 Å². The highest BCUT2D eigenvalue weighted by molar-refractivity contribution is 6.31. The van der Waals surface area contributed by atoms with Crippen molar-refractivity contribution in [3.05, 3.63) is 64.4 Å². The van der Waals surface area contributed by atoms with Crippen LogP contribution in [0.15, 0.2) is 42.5 Å². The summed E-state index contributed by atoms with van der Waals surface area (Å²) in [6.45, 7) is 1.78. The Kier molecular flexibility index (Phi) is 4.94. The topological polar surface area (TPSA) is 32.3 Å². The van der Waals surface area contributed by atoms with Crippen molar-refractivity contribution in [1.29, 1.82) is 0 Å². The maximum Gasteiger partial charge on any atom is 0.227 e. The molecule has 0 saturated carbocycles. The van der Waals surface area contributed by atoms with Gasteiger partial charge >= 0.3 is 0 Å². The minimum absolute atomic E-state index is 0.185. The molecule has 0 radical (unpaired) electrons. The molecule has 3 rings (SSSR count). The zero-order chi connectivity index (χ0) is 16.2. The average molecular weight is 333 g/mol. The summed E-state index contributed by atoms with van der Waals surface area (Å²) >= 11 is 6.00. The molecule has 0 bridgehead atoms. The van der Waals surface area contributed by atoms with Crippen LogP contribution >= 0.6 is 11.6 Å². The van der Waals surface area contributed by atoms with Crippen molar-refractivity contribution in [1.82, 2.24) is 5.32 Å². The lowest BCUT2D eigenvalue weighted by molar-refractivity contribution is -0.117. The maximum atomic E-state index is 13.7. The van der Waals surface area contributed by atoms with E-state index in [2.05, 4.69) is 5.32 Å². The first-order valence-electron chi connectivity index (χ1n) is 7.68. The molecule has 1 heterocycles. The fourth-order valence-electron chi connectivity index (χ4n) is 2.75. The lowest BCUT2D eigenvalue weighted by atomic mass is 10.1. The largest absolute Gasteiger partial charge is 0.312 e. The van der Waals surface area contributed by atoms with Crippen LogP contribution in [-0.4, -0.2) is 12.5 Å². The highest BCUT2D eigenvalue weighted by Gasteiger charge is 2.21.